The Labute approximate surface area is 104 Å². The second-order valence-corrected chi connectivity index (χ2v) is 3.46. The van der Waals surface area contributed by atoms with Gasteiger partial charge in [-0.1, -0.05) is 29.8 Å². The molecule has 0 radical (unpaired) electrons. The molecule has 1 aromatic carbocycles. The van der Waals surface area contributed by atoms with E-state index in [4.69, 9.17) is 0 Å². The van der Waals surface area contributed by atoms with Gasteiger partial charge in [0.15, 0.2) is 0 Å². The zero-order valence-electron chi connectivity index (χ0n) is 9.93. The third kappa shape index (κ3) is 3.59. The van der Waals surface area contributed by atoms with Gasteiger partial charge in [-0.2, -0.15) is 0 Å². The Morgan fingerprint density at radius 3 is 2.44 bits per heavy atom. The molecule has 2 nitrogen and oxygen atoms in total. The van der Waals surface area contributed by atoms with Gasteiger partial charge in [0.25, 0.3) is 0 Å². The predicted molar refractivity (Wildman–Crippen MR) is 66.5 cm³/mol. The first-order valence-corrected chi connectivity index (χ1v) is 6.15. The van der Waals surface area contributed by atoms with Crippen LogP contribution in [0.15, 0.2) is 12.1 Å². The largest absolute Gasteiger partial charge is 0.465 e. The summed E-state index contributed by atoms with van der Waals surface area (Å²) in [5, 5.41) is 0.295. The molecule has 0 saturated heterocycles. The van der Waals surface area contributed by atoms with E-state index < -0.39 is 5.97 Å². The van der Waals surface area contributed by atoms with Gasteiger partial charge in [-0.3, -0.25) is 0 Å². The third-order valence-corrected chi connectivity index (χ3v) is 2.44. The number of halogens is 2. The molecule has 0 aliphatic rings. The highest BCUT2D eigenvalue weighted by atomic mass is 79.9. The lowest BCUT2D eigenvalue weighted by Gasteiger charge is -2.07. The molecule has 0 heterocycles. The first-order valence-electron chi connectivity index (χ1n) is 5.03. The highest BCUT2D eigenvalue weighted by molar-refractivity contribution is 9.08. The number of esters is 1. The number of benzene rings is 1. The number of rotatable bonds is 2. The van der Waals surface area contributed by atoms with Crippen LogP contribution < -0.4 is 0 Å². The first-order chi connectivity index (χ1) is 7.60. The Morgan fingerprint density at radius 1 is 1.44 bits per heavy atom. The van der Waals surface area contributed by atoms with E-state index in [0.29, 0.717) is 16.5 Å². The third-order valence-electron chi connectivity index (χ3n) is 1.88. The molecular weight excluding hydrogens is 275 g/mol. The van der Waals surface area contributed by atoms with Crippen molar-refractivity contribution in [2.24, 2.45) is 0 Å². The lowest BCUT2D eigenvalue weighted by molar-refractivity contribution is 0.0599. The SMILES string of the molecule is CC.COC(=O)c1cc(C)cc(F)c1CBr. The maximum Gasteiger partial charge on any atom is 0.338 e. The molecule has 0 fully saturated rings. The van der Waals surface area contributed by atoms with Crippen molar-refractivity contribution in [3.05, 3.63) is 34.6 Å². The average molecular weight is 291 g/mol. The van der Waals surface area contributed by atoms with Crippen LogP contribution in [-0.2, 0) is 10.1 Å². The summed E-state index contributed by atoms with van der Waals surface area (Å²) in [7, 11) is 1.28. The van der Waals surface area contributed by atoms with Crippen molar-refractivity contribution < 1.29 is 13.9 Å². The molecule has 0 spiro atoms. The molecule has 4 heteroatoms. The van der Waals surface area contributed by atoms with Crippen molar-refractivity contribution >= 4 is 21.9 Å². The molecule has 0 aliphatic carbocycles. The summed E-state index contributed by atoms with van der Waals surface area (Å²) in [6, 6.07) is 3.01. The van der Waals surface area contributed by atoms with Crippen LogP contribution in [0.25, 0.3) is 0 Å². The Kier molecular flexibility index (Phi) is 6.97. The van der Waals surface area contributed by atoms with Crippen molar-refractivity contribution in [3.8, 4) is 0 Å². The van der Waals surface area contributed by atoms with Crippen LogP contribution in [0.5, 0.6) is 0 Å². The van der Waals surface area contributed by atoms with E-state index in [1.807, 2.05) is 13.8 Å². The maximum absolute atomic E-state index is 13.4. The number of ether oxygens (including phenoxy) is 1. The van der Waals surface area contributed by atoms with E-state index in [-0.39, 0.29) is 11.4 Å². The Balaban J connectivity index is 0.00000106. The molecule has 0 aliphatic heterocycles. The minimum Gasteiger partial charge on any atom is -0.465 e. The van der Waals surface area contributed by atoms with E-state index >= 15 is 0 Å². The minimum atomic E-state index is -0.512. The van der Waals surface area contributed by atoms with Gasteiger partial charge in [0, 0.05) is 10.9 Å². The lowest BCUT2D eigenvalue weighted by atomic mass is 10.1. The summed E-state index contributed by atoms with van der Waals surface area (Å²) in [6.07, 6.45) is 0. The van der Waals surface area contributed by atoms with E-state index in [1.54, 1.807) is 13.0 Å². The lowest BCUT2D eigenvalue weighted by Crippen LogP contribution is -2.07. The molecule has 1 aromatic rings. The quantitative estimate of drug-likeness (QED) is 0.611. The molecule has 1 rings (SSSR count). The molecule has 0 amide bonds. The summed E-state index contributed by atoms with van der Waals surface area (Å²) in [5.74, 6) is -0.899. The van der Waals surface area contributed by atoms with Crippen LogP contribution in [-0.4, -0.2) is 13.1 Å². The number of carbonyl (C=O) groups is 1. The second-order valence-electron chi connectivity index (χ2n) is 2.90. The van der Waals surface area contributed by atoms with Gasteiger partial charge in [0.2, 0.25) is 0 Å². The first kappa shape index (κ1) is 15.1. The van der Waals surface area contributed by atoms with Gasteiger partial charge in [0.05, 0.1) is 12.7 Å². The molecule has 0 bridgehead atoms. The van der Waals surface area contributed by atoms with E-state index in [2.05, 4.69) is 20.7 Å². The number of hydrogen-bond acceptors (Lipinski definition) is 2. The van der Waals surface area contributed by atoms with Crippen molar-refractivity contribution in [1.82, 2.24) is 0 Å². The zero-order valence-corrected chi connectivity index (χ0v) is 11.5. The predicted octanol–water partition coefficient (Wildman–Crippen LogP) is 3.84. The minimum absolute atomic E-state index is 0.280. The summed E-state index contributed by atoms with van der Waals surface area (Å²) in [5.41, 5.74) is 1.32. The van der Waals surface area contributed by atoms with Crippen molar-refractivity contribution in [3.63, 3.8) is 0 Å². The molecule has 90 valence electrons. The Hall–Kier alpha value is -0.900. The Bertz CT molecular complexity index is 364. The zero-order chi connectivity index (χ0) is 12.7. The topological polar surface area (TPSA) is 26.3 Å². The summed E-state index contributed by atoms with van der Waals surface area (Å²) < 4.78 is 17.9. The summed E-state index contributed by atoms with van der Waals surface area (Å²) >= 11 is 3.13. The smallest absolute Gasteiger partial charge is 0.338 e. The summed E-state index contributed by atoms with van der Waals surface area (Å²) in [4.78, 5) is 11.3. The molecule has 0 aromatic heterocycles. The van der Waals surface area contributed by atoms with Crippen LogP contribution in [0.2, 0.25) is 0 Å². The summed E-state index contributed by atoms with van der Waals surface area (Å²) in [6.45, 7) is 5.73. The Morgan fingerprint density at radius 2 is 2.00 bits per heavy atom. The van der Waals surface area contributed by atoms with Gasteiger partial charge in [-0.25, -0.2) is 9.18 Å². The number of alkyl halides is 1. The van der Waals surface area contributed by atoms with Crippen LogP contribution >= 0.6 is 15.9 Å². The fourth-order valence-corrected chi connectivity index (χ4v) is 1.77. The van der Waals surface area contributed by atoms with E-state index in [9.17, 15) is 9.18 Å². The second kappa shape index (κ2) is 7.39. The highest BCUT2D eigenvalue weighted by Gasteiger charge is 2.15. The number of carbonyl (C=O) groups excluding carboxylic acids is 1. The molecule has 0 unspecified atom stereocenters. The molecule has 16 heavy (non-hydrogen) atoms. The molecule has 0 N–H and O–H groups in total. The average Bonchev–Trinajstić information content (AvgIpc) is 2.29. The maximum atomic E-state index is 13.4. The van der Waals surface area contributed by atoms with Crippen molar-refractivity contribution in [1.29, 1.82) is 0 Å². The number of methoxy groups -OCH3 is 1. The number of hydrogen-bond donors (Lipinski definition) is 0. The standard InChI is InChI=1S/C10H10BrFO2.C2H6/c1-6-3-7(10(13)14-2)8(5-11)9(12)4-6;1-2/h3-4H,5H2,1-2H3;1-2H3. The number of aryl methyl sites for hydroxylation is 1. The molecular formula is C12H16BrFO2. The van der Waals surface area contributed by atoms with Gasteiger partial charge >= 0.3 is 5.97 Å². The van der Waals surface area contributed by atoms with Crippen LogP contribution in [0, 0.1) is 12.7 Å². The fraction of sp³-hybridized carbons (Fsp3) is 0.417. The van der Waals surface area contributed by atoms with Crippen LogP contribution in [0.1, 0.15) is 35.3 Å². The van der Waals surface area contributed by atoms with Gasteiger partial charge in [0.1, 0.15) is 5.82 Å². The fourth-order valence-electron chi connectivity index (χ4n) is 1.20. The monoisotopic (exact) mass is 290 g/mol. The van der Waals surface area contributed by atoms with E-state index in [1.165, 1.54) is 13.2 Å². The molecule has 0 saturated carbocycles. The normalized spacial score (nSPS) is 9.12. The van der Waals surface area contributed by atoms with Crippen LogP contribution in [0.3, 0.4) is 0 Å². The van der Waals surface area contributed by atoms with Gasteiger partial charge in [-0.05, 0) is 24.6 Å². The van der Waals surface area contributed by atoms with Gasteiger partial charge < -0.3 is 4.74 Å². The molecule has 0 atom stereocenters. The van der Waals surface area contributed by atoms with Gasteiger partial charge in [-0.15, -0.1) is 0 Å². The van der Waals surface area contributed by atoms with E-state index in [0.717, 1.165) is 0 Å². The highest BCUT2D eigenvalue weighted by Crippen LogP contribution is 2.19. The van der Waals surface area contributed by atoms with Crippen molar-refractivity contribution in [2.45, 2.75) is 26.1 Å². The van der Waals surface area contributed by atoms with Crippen LogP contribution in [0.4, 0.5) is 4.39 Å². The van der Waals surface area contributed by atoms with Crippen molar-refractivity contribution in [2.75, 3.05) is 7.11 Å².